The third-order valence-corrected chi connectivity index (χ3v) is 4.39. The lowest BCUT2D eigenvalue weighted by Crippen LogP contribution is -2.24. The number of cyclic esters (lactones) is 1. The summed E-state index contributed by atoms with van der Waals surface area (Å²) >= 11 is 6.07. The lowest BCUT2D eigenvalue weighted by molar-refractivity contribution is -0.152. The largest absolute Gasteiger partial charge is 0.415 e. The molecule has 134 valence electrons. The van der Waals surface area contributed by atoms with E-state index in [0.29, 0.717) is 5.56 Å². The number of esters is 2. The van der Waals surface area contributed by atoms with Gasteiger partial charge in [-0.05, 0) is 50.1 Å². The predicted octanol–water partition coefficient (Wildman–Crippen LogP) is 4.21. The van der Waals surface area contributed by atoms with Crippen LogP contribution in [0.4, 0.5) is 5.69 Å². The van der Waals surface area contributed by atoms with Crippen LogP contribution in [0.1, 0.15) is 27.0 Å². The molecule has 0 spiro atoms. The Labute approximate surface area is 156 Å². The third-order valence-electron chi connectivity index (χ3n) is 4.03. The smallest absolute Gasteiger partial charge is 0.355 e. The molecule has 1 atom stereocenters. The maximum Gasteiger partial charge on any atom is 0.355 e. The molecule has 0 bridgehead atoms. The van der Waals surface area contributed by atoms with Gasteiger partial charge in [-0.2, -0.15) is 0 Å². The summed E-state index contributed by atoms with van der Waals surface area (Å²) in [5.41, 5.74) is 4.34. The molecule has 5 nitrogen and oxygen atoms in total. The lowest BCUT2D eigenvalue weighted by atomic mass is 10.1. The number of hydrogen-bond donors (Lipinski definition) is 1. The number of hydrogen-bond acceptors (Lipinski definition) is 5. The van der Waals surface area contributed by atoms with Gasteiger partial charge in [-0.1, -0.05) is 41.4 Å². The van der Waals surface area contributed by atoms with Gasteiger partial charge in [-0.15, -0.1) is 0 Å². The van der Waals surface area contributed by atoms with E-state index >= 15 is 0 Å². The summed E-state index contributed by atoms with van der Waals surface area (Å²) in [4.78, 5) is 24.2. The standard InChI is InChI=1S/C20H18ClNO4/c1-11-5-8-14(9-6-11)18(23)25-20-17(16(21)19(24)26-20)22-15-10-12(2)4-7-13(15)3/h4-10,20,22H,1-3H3/t20-/m1/s1. The van der Waals surface area contributed by atoms with Crippen molar-refractivity contribution in [1.29, 1.82) is 0 Å². The Bertz CT molecular complexity index is 903. The molecule has 0 amide bonds. The molecular formula is C20H18ClNO4. The number of rotatable bonds is 4. The average Bonchev–Trinajstić information content (AvgIpc) is 2.86. The van der Waals surface area contributed by atoms with Crippen molar-refractivity contribution in [1.82, 2.24) is 0 Å². The lowest BCUT2D eigenvalue weighted by Gasteiger charge is -2.17. The van der Waals surface area contributed by atoms with Gasteiger partial charge in [0.1, 0.15) is 5.70 Å². The highest BCUT2D eigenvalue weighted by Crippen LogP contribution is 2.30. The number of carbonyl (C=O) groups is 2. The minimum Gasteiger partial charge on any atom is -0.415 e. The minimum absolute atomic E-state index is 0.132. The number of carbonyl (C=O) groups excluding carboxylic acids is 2. The predicted molar refractivity (Wildman–Crippen MR) is 98.9 cm³/mol. The van der Waals surface area contributed by atoms with E-state index in [2.05, 4.69) is 5.32 Å². The number of nitrogens with one attached hydrogen (secondary N) is 1. The summed E-state index contributed by atoms with van der Waals surface area (Å²) in [5.74, 6) is -1.34. The summed E-state index contributed by atoms with van der Waals surface area (Å²) in [6.45, 7) is 5.79. The van der Waals surface area contributed by atoms with Gasteiger partial charge in [0.05, 0.1) is 5.56 Å². The van der Waals surface area contributed by atoms with E-state index in [0.717, 1.165) is 22.4 Å². The number of ether oxygens (including phenoxy) is 2. The van der Waals surface area contributed by atoms with Gasteiger partial charge in [0.2, 0.25) is 0 Å². The number of benzene rings is 2. The van der Waals surface area contributed by atoms with Crippen LogP contribution >= 0.6 is 11.6 Å². The van der Waals surface area contributed by atoms with Crippen molar-refractivity contribution in [2.75, 3.05) is 5.32 Å². The second kappa shape index (κ2) is 7.22. The zero-order valence-corrected chi connectivity index (χ0v) is 15.4. The highest BCUT2D eigenvalue weighted by Gasteiger charge is 2.36. The highest BCUT2D eigenvalue weighted by molar-refractivity contribution is 6.42. The summed E-state index contributed by atoms with van der Waals surface area (Å²) in [5, 5.41) is 2.94. The van der Waals surface area contributed by atoms with E-state index in [1.807, 2.05) is 39.0 Å². The molecule has 0 unspecified atom stereocenters. The van der Waals surface area contributed by atoms with Crippen molar-refractivity contribution in [2.24, 2.45) is 0 Å². The third kappa shape index (κ3) is 3.73. The van der Waals surface area contributed by atoms with E-state index in [1.54, 1.807) is 24.3 Å². The Morgan fingerprint density at radius 3 is 2.42 bits per heavy atom. The van der Waals surface area contributed by atoms with Crippen molar-refractivity contribution < 1.29 is 19.1 Å². The average molecular weight is 372 g/mol. The maximum atomic E-state index is 12.3. The molecule has 1 heterocycles. The first-order valence-electron chi connectivity index (χ1n) is 8.07. The van der Waals surface area contributed by atoms with Gasteiger partial charge in [-0.25, -0.2) is 9.59 Å². The fourth-order valence-electron chi connectivity index (χ4n) is 2.49. The van der Waals surface area contributed by atoms with E-state index in [4.69, 9.17) is 21.1 Å². The second-order valence-electron chi connectivity index (χ2n) is 6.18. The normalized spacial score (nSPS) is 16.5. The minimum atomic E-state index is -1.22. The zero-order chi connectivity index (χ0) is 18.8. The Hall–Kier alpha value is -2.79. The van der Waals surface area contributed by atoms with Crippen LogP contribution in [-0.4, -0.2) is 18.2 Å². The fourth-order valence-corrected chi connectivity index (χ4v) is 2.67. The molecule has 0 saturated heterocycles. The van der Waals surface area contributed by atoms with Gasteiger partial charge in [0, 0.05) is 5.69 Å². The first kappa shape index (κ1) is 18.0. The molecule has 1 aliphatic rings. The summed E-state index contributed by atoms with van der Waals surface area (Å²) in [6.07, 6.45) is -1.22. The van der Waals surface area contributed by atoms with Gasteiger partial charge < -0.3 is 14.8 Å². The van der Waals surface area contributed by atoms with Crippen molar-refractivity contribution in [2.45, 2.75) is 27.1 Å². The van der Waals surface area contributed by atoms with Crippen LogP contribution in [-0.2, 0) is 14.3 Å². The first-order valence-corrected chi connectivity index (χ1v) is 8.45. The molecule has 0 aliphatic carbocycles. The number of halogens is 1. The molecule has 0 saturated carbocycles. The van der Waals surface area contributed by atoms with E-state index in [1.165, 1.54) is 0 Å². The first-order chi connectivity index (χ1) is 12.3. The fraction of sp³-hybridized carbons (Fsp3) is 0.200. The SMILES string of the molecule is Cc1ccc(C(=O)O[C@@H]2OC(=O)C(Cl)=C2Nc2cc(C)ccc2C)cc1. The van der Waals surface area contributed by atoms with E-state index in [-0.39, 0.29) is 10.7 Å². The van der Waals surface area contributed by atoms with E-state index < -0.39 is 18.2 Å². The highest BCUT2D eigenvalue weighted by atomic mass is 35.5. The topological polar surface area (TPSA) is 64.6 Å². The van der Waals surface area contributed by atoms with Gasteiger partial charge in [-0.3, -0.25) is 0 Å². The Balaban J connectivity index is 1.82. The zero-order valence-electron chi connectivity index (χ0n) is 14.6. The molecule has 0 aromatic heterocycles. The molecule has 0 fully saturated rings. The van der Waals surface area contributed by atoms with Crippen LogP contribution in [0, 0.1) is 20.8 Å². The van der Waals surface area contributed by atoms with Crippen molar-refractivity contribution in [3.8, 4) is 0 Å². The quantitative estimate of drug-likeness (QED) is 0.815. The molecule has 2 aromatic rings. The summed E-state index contributed by atoms with van der Waals surface area (Å²) < 4.78 is 10.4. The molecule has 0 radical (unpaired) electrons. The molecule has 1 aliphatic heterocycles. The van der Waals surface area contributed by atoms with E-state index in [9.17, 15) is 9.59 Å². The molecule has 26 heavy (non-hydrogen) atoms. The van der Waals surface area contributed by atoms with Crippen molar-refractivity contribution >= 4 is 29.2 Å². The van der Waals surface area contributed by atoms with Crippen molar-refractivity contribution in [3.05, 3.63) is 75.4 Å². The Kier molecular flexibility index (Phi) is 5.00. The molecular weight excluding hydrogens is 354 g/mol. The Morgan fingerprint density at radius 2 is 1.73 bits per heavy atom. The molecule has 6 heteroatoms. The second-order valence-corrected chi connectivity index (χ2v) is 6.56. The van der Waals surface area contributed by atoms with Crippen LogP contribution in [0.15, 0.2) is 53.2 Å². The van der Waals surface area contributed by atoms with Crippen LogP contribution in [0.5, 0.6) is 0 Å². The van der Waals surface area contributed by atoms with Crippen LogP contribution in [0.2, 0.25) is 0 Å². The number of aryl methyl sites for hydroxylation is 3. The Morgan fingerprint density at radius 1 is 1.08 bits per heavy atom. The number of anilines is 1. The van der Waals surface area contributed by atoms with Crippen LogP contribution in [0.3, 0.4) is 0 Å². The maximum absolute atomic E-state index is 12.3. The van der Waals surface area contributed by atoms with Crippen LogP contribution in [0.25, 0.3) is 0 Å². The van der Waals surface area contributed by atoms with Crippen molar-refractivity contribution in [3.63, 3.8) is 0 Å². The van der Waals surface area contributed by atoms with Gasteiger partial charge in [0.25, 0.3) is 6.29 Å². The van der Waals surface area contributed by atoms with Gasteiger partial charge >= 0.3 is 11.9 Å². The molecule has 2 aromatic carbocycles. The molecule has 1 N–H and O–H groups in total. The monoisotopic (exact) mass is 371 g/mol. The summed E-state index contributed by atoms with van der Waals surface area (Å²) in [7, 11) is 0. The summed E-state index contributed by atoms with van der Waals surface area (Å²) in [6, 6.07) is 12.7. The van der Waals surface area contributed by atoms with Gasteiger partial charge in [0.15, 0.2) is 5.03 Å². The molecule has 3 rings (SSSR count). The van der Waals surface area contributed by atoms with Crippen LogP contribution < -0.4 is 5.32 Å².